The SMILES string of the molecule is CN1C(=S)N2CCCN2C1c1cccnc1. The average molecular weight is 234 g/mol. The van der Waals surface area contributed by atoms with Crippen LogP contribution in [-0.4, -0.2) is 45.2 Å². The summed E-state index contributed by atoms with van der Waals surface area (Å²) in [7, 11) is 2.05. The first-order chi connectivity index (χ1) is 7.79. The largest absolute Gasteiger partial charge is 0.330 e. The summed E-state index contributed by atoms with van der Waals surface area (Å²) in [6, 6.07) is 4.09. The van der Waals surface area contributed by atoms with E-state index in [1.165, 1.54) is 12.0 Å². The van der Waals surface area contributed by atoms with Crippen molar-refractivity contribution in [1.29, 1.82) is 0 Å². The van der Waals surface area contributed by atoms with Crippen LogP contribution in [-0.2, 0) is 0 Å². The lowest BCUT2D eigenvalue weighted by atomic mass is 10.2. The van der Waals surface area contributed by atoms with Crippen LogP contribution in [0.5, 0.6) is 0 Å². The van der Waals surface area contributed by atoms with Crippen LogP contribution in [0.15, 0.2) is 24.5 Å². The summed E-state index contributed by atoms with van der Waals surface area (Å²) < 4.78 is 0. The van der Waals surface area contributed by atoms with Crippen molar-refractivity contribution in [3.63, 3.8) is 0 Å². The molecule has 1 atom stereocenters. The molecule has 1 aromatic rings. The van der Waals surface area contributed by atoms with Crippen molar-refractivity contribution in [2.75, 3.05) is 20.1 Å². The molecule has 4 nitrogen and oxygen atoms in total. The predicted molar refractivity (Wildman–Crippen MR) is 65.4 cm³/mol. The first-order valence-corrected chi connectivity index (χ1v) is 5.90. The summed E-state index contributed by atoms with van der Waals surface area (Å²) in [4.78, 5) is 6.33. The molecule has 2 saturated heterocycles. The zero-order valence-electron chi connectivity index (χ0n) is 9.21. The van der Waals surface area contributed by atoms with E-state index in [-0.39, 0.29) is 6.17 Å². The molecule has 2 aliphatic heterocycles. The van der Waals surface area contributed by atoms with Gasteiger partial charge in [0, 0.05) is 38.1 Å². The van der Waals surface area contributed by atoms with Crippen LogP contribution >= 0.6 is 12.2 Å². The number of aromatic nitrogens is 1. The maximum atomic E-state index is 5.45. The van der Waals surface area contributed by atoms with Crippen molar-refractivity contribution in [2.45, 2.75) is 12.6 Å². The van der Waals surface area contributed by atoms with Gasteiger partial charge in [-0.2, -0.15) is 5.01 Å². The van der Waals surface area contributed by atoms with Gasteiger partial charge in [-0.25, -0.2) is 0 Å². The standard InChI is InChI=1S/C11H14N4S/c1-13-10(9-4-2-5-12-8-9)14-6-3-7-15(14)11(13)16/h2,4-5,8,10H,3,6-7H2,1H3. The summed E-state index contributed by atoms with van der Waals surface area (Å²) in [5.41, 5.74) is 1.21. The molecule has 2 aliphatic rings. The maximum absolute atomic E-state index is 5.45. The van der Waals surface area contributed by atoms with Crippen molar-refractivity contribution in [3.8, 4) is 0 Å². The second kappa shape index (κ2) is 3.68. The minimum Gasteiger partial charge on any atom is -0.330 e. The number of nitrogens with zero attached hydrogens (tertiary/aromatic N) is 4. The van der Waals surface area contributed by atoms with Gasteiger partial charge in [0.15, 0.2) is 5.11 Å². The van der Waals surface area contributed by atoms with Crippen LogP contribution in [0.25, 0.3) is 0 Å². The molecule has 0 spiro atoms. The molecule has 2 fully saturated rings. The summed E-state index contributed by atoms with van der Waals surface area (Å²) in [5, 5.41) is 5.46. The molecule has 0 radical (unpaired) electrons. The molecule has 84 valence electrons. The van der Waals surface area contributed by atoms with Crippen LogP contribution in [0.1, 0.15) is 18.2 Å². The fourth-order valence-corrected chi connectivity index (χ4v) is 2.80. The number of rotatable bonds is 1. The van der Waals surface area contributed by atoms with Crippen molar-refractivity contribution < 1.29 is 0 Å². The smallest absolute Gasteiger partial charge is 0.187 e. The summed E-state index contributed by atoms with van der Waals surface area (Å²) in [6.45, 7) is 2.12. The highest BCUT2D eigenvalue weighted by atomic mass is 32.1. The van der Waals surface area contributed by atoms with Crippen molar-refractivity contribution in [2.24, 2.45) is 0 Å². The van der Waals surface area contributed by atoms with E-state index >= 15 is 0 Å². The number of hydrogen-bond donors (Lipinski definition) is 0. The van der Waals surface area contributed by atoms with E-state index < -0.39 is 0 Å². The molecular formula is C11H14N4S. The molecule has 3 heterocycles. The Bertz CT molecular complexity index is 408. The van der Waals surface area contributed by atoms with E-state index in [0.29, 0.717) is 0 Å². The first kappa shape index (κ1) is 9.99. The first-order valence-electron chi connectivity index (χ1n) is 5.50. The number of fused-ring (bicyclic) bond motifs is 1. The second-order valence-corrected chi connectivity index (χ2v) is 4.56. The van der Waals surface area contributed by atoms with Gasteiger partial charge in [0.05, 0.1) is 0 Å². The number of hydrogen-bond acceptors (Lipinski definition) is 3. The highest BCUT2D eigenvalue weighted by Gasteiger charge is 2.42. The summed E-state index contributed by atoms with van der Waals surface area (Å²) in [6.07, 6.45) is 5.14. The molecule has 0 bridgehead atoms. The Hall–Kier alpha value is -1.20. The molecule has 0 N–H and O–H groups in total. The fourth-order valence-electron chi connectivity index (χ4n) is 2.50. The summed E-state index contributed by atoms with van der Waals surface area (Å²) in [5.74, 6) is 0. The Morgan fingerprint density at radius 2 is 2.31 bits per heavy atom. The van der Waals surface area contributed by atoms with E-state index in [2.05, 4.69) is 33.0 Å². The van der Waals surface area contributed by atoms with E-state index in [1.54, 1.807) is 6.20 Å². The van der Waals surface area contributed by atoms with E-state index in [1.807, 2.05) is 12.3 Å². The lowest BCUT2D eigenvalue weighted by Gasteiger charge is -2.25. The zero-order valence-corrected chi connectivity index (χ0v) is 10.0. The van der Waals surface area contributed by atoms with Gasteiger partial charge in [-0.15, -0.1) is 0 Å². The Morgan fingerprint density at radius 3 is 3.06 bits per heavy atom. The fraction of sp³-hybridized carbons (Fsp3) is 0.455. The molecule has 0 aromatic carbocycles. The van der Waals surface area contributed by atoms with Gasteiger partial charge < -0.3 is 4.90 Å². The molecule has 16 heavy (non-hydrogen) atoms. The number of hydrazine groups is 1. The van der Waals surface area contributed by atoms with E-state index in [4.69, 9.17) is 12.2 Å². The maximum Gasteiger partial charge on any atom is 0.187 e. The van der Waals surface area contributed by atoms with Gasteiger partial charge in [-0.1, -0.05) is 6.07 Å². The van der Waals surface area contributed by atoms with Crippen molar-refractivity contribution >= 4 is 17.3 Å². The van der Waals surface area contributed by atoms with Gasteiger partial charge in [0.25, 0.3) is 0 Å². The van der Waals surface area contributed by atoms with Crippen molar-refractivity contribution in [3.05, 3.63) is 30.1 Å². The van der Waals surface area contributed by atoms with Crippen LogP contribution in [0, 0.1) is 0 Å². The predicted octanol–water partition coefficient (Wildman–Crippen LogP) is 1.23. The van der Waals surface area contributed by atoms with E-state index in [0.717, 1.165) is 18.2 Å². The molecule has 1 unspecified atom stereocenters. The Balaban J connectivity index is 1.98. The summed E-state index contributed by atoms with van der Waals surface area (Å²) >= 11 is 5.45. The Morgan fingerprint density at radius 1 is 1.44 bits per heavy atom. The lowest BCUT2D eigenvalue weighted by Crippen LogP contribution is -2.32. The van der Waals surface area contributed by atoms with Crippen LogP contribution < -0.4 is 0 Å². The zero-order chi connectivity index (χ0) is 11.1. The third-order valence-corrected chi connectivity index (χ3v) is 3.72. The number of thiocarbonyl (C=S) groups is 1. The van der Waals surface area contributed by atoms with Crippen LogP contribution in [0.3, 0.4) is 0 Å². The third-order valence-electron chi connectivity index (χ3n) is 3.22. The topological polar surface area (TPSA) is 22.6 Å². The Labute approximate surface area is 100 Å². The van der Waals surface area contributed by atoms with Gasteiger partial charge in [-0.05, 0) is 24.7 Å². The van der Waals surface area contributed by atoms with Crippen molar-refractivity contribution in [1.82, 2.24) is 19.9 Å². The van der Waals surface area contributed by atoms with Crippen LogP contribution in [0.2, 0.25) is 0 Å². The minimum absolute atomic E-state index is 0.226. The molecule has 0 amide bonds. The average Bonchev–Trinajstić information content (AvgIpc) is 2.86. The second-order valence-electron chi connectivity index (χ2n) is 4.19. The number of pyridine rings is 1. The van der Waals surface area contributed by atoms with E-state index in [9.17, 15) is 0 Å². The van der Waals surface area contributed by atoms with Gasteiger partial charge in [0.1, 0.15) is 6.17 Å². The lowest BCUT2D eigenvalue weighted by molar-refractivity contribution is 0.0607. The molecule has 0 aliphatic carbocycles. The molecule has 3 rings (SSSR count). The Kier molecular flexibility index (Phi) is 2.29. The third kappa shape index (κ3) is 1.32. The molecule has 5 heteroatoms. The van der Waals surface area contributed by atoms with Gasteiger partial charge >= 0.3 is 0 Å². The van der Waals surface area contributed by atoms with Gasteiger partial charge in [-0.3, -0.25) is 9.99 Å². The van der Waals surface area contributed by atoms with Gasteiger partial charge in [0.2, 0.25) is 0 Å². The monoisotopic (exact) mass is 234 g/mol. The minimum atomic E-state index is 0.226. The van der Waals surface area contributed by atoms with Crippen LogP contribution in [0.4, 0.5) is 0 Å². The molecular weight excluding hydrogens is 220 g/mol. The molecule has 0 saturated carbocycles. The molecule has 1 aromatic heterocycles. The highest BCUT2D eigenvalue weighted by Crippen LogP contribution is 2.35. The normalized spacial score (nSPS) is 25.3. The highest BCUT2D eigenvalue weighted by molar-refractivity contribution is 7.80. The quantitative estimate of drug-likeness (QED) is 0.680.